The van der Waals surface area contributed by atoms with Crippen LogP contribution in [0.4, 0.5) is 5.69 Å². The number of hydrogen-bond acceptors (Lipinski definition) is 5. The molecule has 0 saturated heterocycles. The Morgan fingerprint density at radius 2 is 1.85 bits per heavy atom. The first kappa shape index (κ1) is 16.1. The van der Waals surface area contributed by atoms with Crippen molar-refractivity contribution >= 4 is 11.6 Å². The number of rotatable bonds is 8. The number of hydrogen-bond donors (Lipinski definition) is 3. The largest absolute Gasteiger partial charge is 0.395 e. The maximum Gasteiger partial charge on any atom is 0.225 e. The molecule has 0 atom stereocenters. The van der Waals surface area contributed by atoms with Gasteiger partial charge in [0.1, 0.15) is 6.07 Å². The molecule has 0 aliphatic heterocycles. The molecule has 0 bridgehead atoms. The SMILES string of the molecule is N#Cc1ccccc1NC(=O)CCN(CCO)CCO. The third-order valence-electron chi connectivity index (χ3n) is 2.81. The molecule has 0 aliphatic carbocycles. The summed E-state index contributed by atoms with van der Waals surface area (Å²) in [4.78, 5) is 13.6. The molecule has 6 heteroatoms. The predicted octanol–water partition coefficient (Wildman–Crippen LogP) is 0.173. The Labute approximate surface area is 118 Å². The molecule has 0 spiro atoms. The summed E-state index contributed by atoms with van der Waals surface area (Å²) in [6.07, 6.45) is 0.236. The van der Waals surface area contributed by atoms with Gasteiger partial charge in [0.15, 0.2) is 0 Å². The van der Waals surface area contributed by atoms with E-state index in [0.29, 0.717) is 30.9 Å². The number of nitrogens with zero attached hydrogens (tertiary/aromatic N) is 2. The second-order valence-electron chi connectivity index (χ2n) is 4.24. The second kappa shape index (κ2) is 9.04. The van der Waals surface area contributed by atoms with Gasteiger partial charge in [-0.15, -0.1) is 0 Å². The van der Waals surface area contributed by atoms with Crippen molar-refractivity contribution in [2.24, 2.45) is 0 Å². The molecular weight excluding hydrogens is 258 g/mol. The summed E-state index contributed by atoms with van der Waals surface area (Å²) < 4.78 is 0. The molecule has 0 radical (unpaired) electrons. The number of carbonyl (C=O) groups is 1. The van der Waals surface area contributed by atoms with Crippen molar-refractivity contribution in [3.63, 3.8) is 0 Å². The number of amides is 1. The van der Waals surface area contributed by atoms with Crippen molar-refractivity contribution in [2.45, 2.75) is 6.42 Å². The molecule has 0 aliphatic rings. The van der Waals surface area contributed by atoms with E-state index >= 15 is 0 Å². The maximum absolute atomic E-state index is 11.8. The highest BCUT2D eigenvalue weighted by atomic mass is 16.3. The smallest absolute Gasteiger partial charge is 0.225 e. The fourth-order valence-electron chi connectivity index (χ4n) is 1.78. The molecule has 3 N–H and O–H groups in total. The minimum Gasteiger partial charge on any atom is -0.395 e. The number of nitrogens with one attached hydrogen (secondary N) is 1. The zero-order valence-electron chi connectivity index (χ0n) is 11.2. The Bertz CT molecular complexity index is 465. The highest BCUT2D eigenvalue weighted by Gasteiger charge is 2.09. The zero-order chi connectivity index (χ0) is 14.8. The molecule has 108 valence electrons. The van der Waals surface area contributed by atoms with Crippen LogP contribution in [0.2, 0.25) is 0 Å². The van der Waals surface area contributed by atoms with Crippen molar-refractivity contribution in [3.05, 3.63) is 29.8 Å². The maximum atomic E-state index is 11.8. The third kappa shape index (κ3) is 5.36. The van der Waals surface area contributed by atoms with Gasteiger partial charge in [0, 0.05) is 26.1 Å². The number of nitriles is 1. The molecule has 0 fully saturated rings. The summed E-state index contributed by atoms with van der Waals surface area (Å²) in [6.45, 7) is 1.25. The van der Waals surface area contributed by atoms with Crippen LogP contribution in [0.25, 0.3) is 0 Å². The van der Waals surface area contributed by atoms with Crippen molar-refractivity contribution < 1.29 is 15.0 Å². The topological polar surface area (TPSA) is 96.6 Å². The number of anilines is 1. The number of benzene rings is 1. The van der Waals surface area contributed by atoms with Gasteiger partial charge in [-0.2, -0.15) is 5.26 Å². The molecule has 1 aromatic rings. The number of para-hydroxylation sites is 1. The molecule has 6 nitrogen and oxygen atoms in total. The highest BCUT2D eigenvalue weighted by Crippen LogP contribution is 2.13. The van der Waals surface area contributed by atoms with Crippen LogP contribution >= 0.6 is 0 Å². The van der Waals surface area contributed by atoms with Crippen LogP contribution in [0.15, 0.2) is 24.3 Å². The summed E-state index contributed by atoms with van der Waals surface area (Å²) in [5, 5.41) is 29.4. The van der Waals surface area contributed by atoms with Crippen molar-refractivity contribution in [1.29, 1.82) is 5.26 Å². The molecule has 1 amide bonds. The first-order valence-corrected chi connectivity index (χ1v) is 6.44. The average Bonchev–Trinajstić information content (AvgIpc) is 2.46. The van der Waals surface area contributed by atoms with Crippen LogP contribution in [0.1, 0.15) is 12.0 Å². The normalized spacial score (nSPS) is 10.3. The summed E-state index contributed by atoms with van der Waals surface area (Å²) in [7, 11) is 0. The average molecular weight is 277 g/mol. The summed E-state index contributed by atoms with van der Waals surface area (Å²) >= 11 is 0. The van der Waals surface area contributed by atoms with Crippen molar-refractivity contribution in [2.75, 3.05) is 38.2 Å². The molecule has 0 aromatic heterocycles. The molecule has 0 unspecified atom stereocenters. The second-order valence-corrected chi connectivity index (χ2v) is 4.24. The standard InChI is InChI=1S/C14H19N3O3/c15-11-12-3-1-2-4-13(12)16-14(20)5-6-17(7-9-18)8-10-19/h1-4,18-19H,5-10H2,(H,16,20). The fraction of sp³-hybridized carbons (Fsp3) is 0.429. The molecule has 0 saturated carbocycles. The van der Waals surface area contributed by atoms with Crippen molar-refractivity contribution in [1.82, 2.24) is 4.90 Å². The van der Waals surface area contributed by atoms with Gasteiger partial charge in [-0.05, 0) is 12.1 Å². The highest BCUT2D eigenvalue weighted by molar-refractivity contribution is 5.92. The van der Waals surface area contributed by atoms with Crippen LogP contribution < -0.4 is 5.32 Å². The molecule has 0 heterocycles. The Hall–Kier alpha value is -1.94. The van der Waals surface area contributed by atoms with Crippen LogP contribution in [-0.4, -0.2) is 53.9 Å². The van der Waals surface area contributed by atoms with E-state index in [2.05, 4.69) is 5.32 Å². The quantitative estimate of drug-likeness (QED) is 0.629. The van der Waals surface area contributed by atoms with E-state index in [9.17, 15) is 4.79 Å². The molecule has 1 aromatic carbocycles. The lowest BCUT2D eigenvalue weighted by Gasteiger charge is -2.19. The third-order valence-corrected chi connectivity index (χ3v) is 2.81. The van der Waals surface area contributed by atoms with E-state index in [1.165, 1.54) is 0 Å². The zero-order valence-corrected chi connectivity index (χ0v) is 11.2. The van der Waals surface area contributed by atoms with E-state index in [-0.39, 0.29) is 25.5 Å². The van der Waals surface area contributed by atoms with Gasteiger partial charge in [-0.1, -0.05) is 12.1 Å². The lowest BCUT2D eigenvalue weighted by Crippen LogP contribution is -2.32. The summed E-state index contributed by atoms with van der Waals surface area (Å²) in [5.41, 5.74) is 0.916. The van der Waals surface area contributed by atoms with Gasteiger partial charge in [-0.25, -0.2) is 0 Å². The molecule has 20 heavy (non-hydrogen) atoms. The Morgan fingerprint density at radius 1 is 1.20 bits per heavy atom. The van der Waals surface area contributed by atoms with Crippen LogP contribution in [0.5, 0.6) is 0 Å². The minimum atomic E-state index is -0.200. The van der Waals surface area contributed by atoms with Gasteiger partial charge < -0.3 is 15.5 Å². The lowest BCUT2D eigenvalue weighted by atomic mass is 10.2. The Morgan fingerprint density at radius 3 is 2.45 bits per heavy atom. The van der Waals surface area contributed by atoms with E-state index in [1.54, 1.807) is 29.2 Å². The van der Waals surface area contributed by atoms with Crippen molar-refractivity contribution in [3.8, 4) is 6.07 Å². The van der Waals surface area contributed by atoms with Gasteiger partial charge >= 0.3 is 0 Å². The molecule has 1 rings (SSSR count). The Kier molecular flexibility index (Phi) is 7.29. The van der Waals surface area contributed by atoms with Crippen LogP contribution in [-0.2, 0) is 4.79 Å². The monoisotopic (exact) mass is 277 g/mol. The van der Waals surface area contributed by atoms with Crippen LogP contribution in [0.3, 0.4) is 0 Å². The number of carbonyl (C=O) groups excluding carboxylic acids is 1. The van der Waals surface area contributed by atoms with E-state index in [1.807, 2.05) is 6.07 Å². The first-order chi connectivity index (χ1) is 9.71. The first-order valence-electron chi connectivity index (χ1n) is 6.44. The lowest BCUT2D eigenvalue weighted by molar-refractivity contribution is -0.116. The van der Waals surface area contributed by atoms with Gasteiger partial charge in [0.25, 0.3) is 0 Å². The van der Waals surface area contributed by atoms with E-state index < -0.39 is 0 Å². The van der Waals surface area contributed by atoms with Gasteiger partial charge in [0.05, 0.1) is 24.5 Å². The van der Waals surface area contributed by atoms with E-state index in [0.717, 1.165) is 0 Å². The summed E-state index contributed by atoms with van der Waals surface area (Å²) in [6, 6.07) is 8.81. The summed E-state index contributed by atoms with van der Waals surface area (Å²) in [5.74, 6) is -0.200. The van der Waals surface area contributed by atoms with Gasteiger partial charge in [-0.3, -0.25) is 9.69 Å². The molecular formula is C14H19N3O3. The minimum absolute atomic E-state index is 0.0150. The van der Waals surface area contributed by atoms with Crippen LogP contribution in [0, 0.1) is 11.3 Å². The number of aliphatic hydroxyl groups is 2. The Balaban J connectivity index is 2.49. The number of aliphatic hydroxyl groups excluding tert-OH is 2. The predicted molar refractivity (Wildman–Crippen MR) is 75.0 cm³/mol. The fourth-order valence-corrected chi connectivity index (χ4v) is 1.78. The van der Waals surface area contributed by atoms with Gasteiger partial charge in [0.2, 0.25) is 5.91 Å². The van der Waals surface area contributed by atoms with E-state index in [4.69, 9.17) is 15.5 Å².